The SMILES string of the molecule is CCCNC(C)(CN(CC)CCCN(C)C)C(N)=O. The number of amides is 1. The molecule has 0 spiro atoms. The zero-order valence-corrected chi connectivity index (χ0v) is 13.3. The Morgan fingerprint density at radius 1 is 1.26 bits per heavy atom. The molecule has 0 aliphatic carbocycles. The highest BCUT2D eigenvalue weighted by atomic mass is 16.1. The molecular weight excluding hydrogens is 240 g/mol. The molecule has 5 heteroatoms. The third kappa shape index (κ3) is 7.50. The minimum Gasteiger partial charge on any atom is -0.368 e. The molecular formula is C14H32N4O. The predicted octanol–water partition coefficient (Wildman–Crippen LogP) is 0.504. The smallest absolute Gasteiger partial charge is 0.238 e. The summed E-state index contributed by atoms with van der Waals surface area (Å²) in [6.45, 7) is 10.6. The van der Waals surface area contributed by atoms with Crippen LogP contribution < -0.4 is 11.1 Å². The first-order valence-electron chi connectivity index (χ1n) is 7.27. The Bertz CT molecular complexity index is 258. The van der Waals surface area contributed by atoms with Crippen molar-refractivity contribution >= 4 is 5.91 Å². The molecule has 0 aromatic heterocycles. The summed E-state index contributed by atoms with van der Waals surface area (Å²) < 4.78 is 0. The third-order valence-electron chi connectivity index (χ3n) is 3.38. The van der Waals surface area contributed by atoms with Crippen LogP contribution >= 0.6 is 0 Å². The summed E-state index contributed by atoms with van der Waals surface area (Å²) >= 11 is 0. The Morgan fingerprint density at radius 2 is 1.89 bits per heavy atom. The molecule has 114 valence electrons. The van der Waals surface area contributed by atoms with E-state index in [1.807, 2.05) is 6.92 Å². The number of nitrogens with two attached hydrogens (primary N) is 1. The largest absolute Gasteiger partial charge is 0.368 e. The van der Waals surface area contributed by atoms with Crippen molar-refractivity contribution in [3.05, 3.63) is 0 Å². The molecule has 1 atom stereocenters. The highest BCUT2D eigenvalue weighted by molar-refractivity contribution is 5.84. The molecule has 0 saturated carbocycles. The van der Waals surface area contributed by atoms with E-state index in [9.17, 15) is 4.79 Å². The lowest BCUT2D eigenvalue weighted by molar-refractivity contribution is -0.124. The van der Waals surface area contributed by atoms with Crippen molar-refractivity contribution in [1.29, 1.82) is 0 Å². The van der Waals surface area contributed by atoms with Crippen LogP contribution in [0.25, 0.3) is 0 Å². The second kappa shape index (κ2) is 9.28. The van der Waals surface area contributed by atoms with Gasteiger partial charge in [0.15, 0.2) is 0 Å². The second-order valence-electron chi connectivity index (χ2n) is 5.65. The van der Waals surface area contributed by atoms with Gasteiger partial charge >= 0.3 is 0 Å². The van der Waals surface area contributed by atoms with Crippen LogP contribution in [0.4, 0.5) is 0 Å². The molecule has 1 amide bonds. The van der Waals surface area contributed by atoms with Crippen molar-refractivity contribution in [3.8, 4) is 0 Å². The van der Waals surface area contributed by atoms with Crippen LogP contribution in [0.3, 0.4) is 0 Å². The summed E-state index contributed by atoms with van der Waals surface area (Å²) in [7, 11) is 4.15. The zero-order valence-electron chi connectivity index (χ0n) is 13.3. The van der Waals surface area contributed by atoms with Crippen molar-refractivity contribution in [3.63, 3.8) is 0 Å². The van der Waals surface area contributed by atoms with Crippen LogP contribution in [0.1, 0.15) is 33.6 Å². The van der Waals surface area contributed by atoms with Crippen LogP contribution in [-0.4, -0.2) is 68.1 Å². The normalized spacial score (nSPS) is 14.9. The van der Waals surface area contributed by atoms with Gasteiger partial charge in [0.05, 0.1) is 0 Å². The Kier molecular flexibility index (Phi) is 8.97. The summed E-state index contributed by atoms with van der Waals surface area (Å²) in [5.41, 5.74) is 4.92. The fourth-order valence-corrected chi connectivity index (χ4v) is 2.03. The maximum atomic E-state index is 11.7. The van der Waals surface area contributed by atoms with Gasteiger partial charge in [0.25, 0.3) is 0 Å². The molecule has 1 unspecified atom stereocenters. The molecule has 0 bridgehead atoms. The number of rotatable bonds is 11. The molecule has 0 aliphatic heterocycles. The molecule has 0 saturated heterocycles. The molecule has 0 fully saturated rings. The van der Waals surface area contributed by atoms with Gasteiger partial charge in [-0.2, -0.15) is 0 Å². The average Bonchev–Trinajstić information content (AvgIpc) is 2.34. The van der Waals surface area contributed by atoms with Gasteiger partial charge in [0, 0.05) is 6.54 Å². The Labute approximate surface area is 118 Å². The van der Waals surface area contributed by atoms with E-state index in [2.05, 4.69) is 43.1 Å². The molecule has 3 N–H and O–H groups in total. The topological polar surface area (TPSA) is 61.6 Å². The van der Waals surface area contributed by atoms with Gasteiger partial charge in [-0.05, 0) is 60.0 Å². The fourth-order valence-electron chi connectivity index (χ4n) is 2.03. The first-order chi connectivity index (χ1) is 8.85. The number of likely N-dealkylation sites (N-methyl/N-ethyl adjacent to an activating group) is 1. The first-order valence-corrected chi connectivity index (χ1v) is 7.27. The van der Waals surface area contributed by atoms with Crippen molar-refractivity contribution in [2.24, 2.45) is 5.73 Å². The monoisotopic (exact) mass is 272 g/mol. The summed E-state index contributed by atoms with van der Waals surface area (Å²) in [5.74, 6) is -0.271. The Balaban J connectivity index is 4.39. The summed E-state index contributed by atoms with van der Waals surface area (Å²) in [6.07, 6.45) is 2.10. The van der Waals surface area contributed by atoms with Crippen molar-refractivity contribution < 1.29 is 4.79 Å². The van der Waals surface area contributed by atoms with Gasteiger partial charge in [0.1, 0.15) is 5.54 Å². The molecule has 5 nitrogen and oxygen atoms in total. The molecule has 19 heavy (non-hydrogen) atoms. The highest BCUT2D eigenvalue weighted by Crippen LogP contribution is 2.07. The van der Waals surface area contributed by atoms with Crippen molar-refractivity contribution in [2.75, 3.05) is 46.8 Å². The van der Waals surface area contributed by atoms with Gasteiger partial charge < -0.3 is 20.9 Å². The number of primary amides is 1. The molecule has 0 heterocycles. The number of hydrogen-bond donors (Lipinski definition) is 2. The lowest BCUT2D eigenvalue weighted by atomic mass is 10.00. The first kappa shape index (κ1) is 18.4. The number of carbonyl (C=O) groups excluding carboxylic acids is 1. The molecule has 0 aromatic rings. The fraction of sp³-hybridized carbons (Fsp3) is 0.929. The maximum absolute atomic E-state index is 11.7. The predicted molar refractivity (Wildman–Crippen MR) is 81.2 cm³/mol. The van der Waals surface area contributed by atoms with Crippen molar-refractivity contribution in [1.82, 2.24) is 15.1 Å². The van der Waals surface area contributed by atoms with Gasteiger partial charge in [-0.15, -0.1) is 0 Å². The lowest BCUT2D eigenvalue weighted by Gasteiger charge is -2.33. The standard InChI is InChI=1S/C14H32N4O/c1-6-9-16-14(3,13(15)19)12-18(7-2)11-8-10-17(4)5/h16H,6-12H2,1-5H3,(H2,15,19). The van der Waals surface area contributed by atoms with Crippen LogP contribution in [0.15, 0.2) is 0 Å². The van der Waals surface area contributed by atoms with E-state index in [1.54, 1.807) is 0 Å². The minimum atomic E-state index is -0.635. The van der Waals surface area contributed by atoms with Crippen LogP contribution in [-0.2, 0) is 4.79 Å². The van der Waals surface area contributed by atoms with E-state index in [0.29, 0.717) is 6.54 Å². The molecule has 0 rings (SSSR count). The van der Waals surface area contributed by atoms with E-state index in [4.69, 9.17) is 5.73 Å². The molecule has 0 aliphatic rings. The van der Waals surface area contributed by atoms with E-state index in [-0.39, 0.29) is 5.91 Å². The van der Waals surface area contributed by atoms with Gasteiger partial charge in [-0.25, -0.2) is 0 Å². The summed E-state index contributed by atoms with van der Waals surface area (Å²) in [5, 5.41) is 3.28. The number of hydrogen-bond acceptors (Lipinski definition) is 4. The summed E-state index contributed by atoms with van der Waals surface area (Å²) in [4.78, 5) is 16.2. The van der Waals surface area contributed by atoms with E-state index in [0.717, 1.165) is 39.0 Å². The Hall–Kier alpha value is -0.650. The summed E-state index contributed by atoms with van der Waals surface area (Å²) in [6, 6.07) is 0. The number of carbonyl (C=O) groups is 1. The Morgan fingerprint density at radius 3 is 2.32 bits per heavy atom. The highest BCUT2D eigenvalue weighted by Gasteiger charge is 2.31. The van der Waals surface area contributed by atoms with Crippen LogP contribution in [0, 0.1) is 0 Å². The van der Waals surface area contributed by atoms with E-state index >= 15 is 0 Å². The molecule has 0 radical (unpaired) electrons. The zero-order chi connectivity index (χ0) is 14.9. The lowest BCUT2D eigenvalue weighted by Crippen LogP contribution is -2.59. The molecule has 0 aromatic carbocycles. The second-order valence-corrected chi connectivity index (χ2v) is 5.65. The van der Waals surface area contributed by atoms with Crippen LogP contribution in [0.5, 0.6) is 0 Å². The van der Waals surface area contributed by atoms with Gasteiger partial charge in [-0.3, -0.25) is 4.79 Å². The quantitative estimate of drug-likeness (QED) is 0.575. The average molecular weight is 272 g/mol. The maximum Gasteiger partial charge on any atom is 0.238 e. The van der Waals surface area contributed by atoms with E-state index in [1.165, 1.54) is 0 Å². The third-order valence-corrected chi connectivity index (χ3v) is 3.38. The van der Waals surface area contributed by atoms with Crippen LogP contribution in [0.2, 0.25) is 0 Å². The van der Waals surface area contributed by atoms with Gasteiger partial charge in [-0.1, -0.05) is 13.8 Å². The number of nitrogens with zero attached hydrogens (tertiary/aromatic N) is 2. The number of nitrogens with one attached hydrogen (secondary N) is 1. The minimum absolute atomic E-state index is 0.271. The van der Waals surface area contributed by atoms with Crippen molar-refractivity contribution in [2.45, 2.75) is 39.2 Å². The van der Waals surface area contributed by atoms with Gasteiger partial charge in [0.2, 0.25) is 5.91 Å². The van der Waals surface area contributed by atoms with E-state index < -0.39 is 5.54 Å².